The Bertz CT molecular complexity index is 565. The van der Waals surface area contributed by atoms with Crippen LogP contribution in [0.3, 0.4) is 0 Å². The van der Waals surface area contributed by atoms with Crippen molar-refractivity contribution in [2.45, 2.75) is 44.9 Å². The second kappa shape index (κ2) is 4.91. The van der Waals surface area contributed by atoms with E-state index in [0.29, 0.717) is 6.61 Å². The predicted molar refractivity (Wildman–Crippen MR) is 82.0 cm³/mol. The van der Waals surface area contributed by atoms with Crippen LogP contribution in [0.1, 0.15) is 39.2 Å². The molecule has 1 aromatic rings. The molecule has 1 aromatic carbocycles. The Labute approximate surface area is 125 Å². The van der Waals surface area contributed by atoms with Gasteiger partial charge in [0.15, 0.2) is 0 Å². The standard InChI is InChI=1S/C16H23N3O2/c1-15(2,3)17-14-18-16(21-19(14)4)10-7-11-20-13-9-6-5-8-12(13)16/h5-6,8-9H,7,10-11H2,1-4H3,(H,17,18). The summed E-state index contributed by atoms with van der Waals surface area (Å²) in [5.41, 5.74) is 0.262. The van der Waals surface area contributed by atoms with Crippen molar-refractivity contribution in [3.8, 4) is 5.75 Å². The predicted octanol–water partition coefficient (Wildman–Crippen LogP) is 2.63. The summed E-state index contributed by atoms with van der Waals surface area (Å²) >= 11 is 0. The van der Waals surface area contributed by atoms with Crippen molar-refractivity contribution >= 4 is 5.96 Å². The highest BCUT2D eigenvalue weighted by atomic mass is 16.7. The molecule has 0 saturated heterocycles. The fourth-order valence-corrected chi connectivity index (χ4v) is 2.73. The van der Waals surface area contributed by atoms with E-state index in [1.54, 1.807) is 5.06 Å². The number of guanidine groups is 1. The molecule has 0 bridgehead atoms. The van der Waals surface area contributed by atoms with Gasteiger partial charge in [0.2, 0.25) is 11.7 Å². The first-order valence-electron chi connectivity index (χ1n) is 7.43. The first-order valence-corrected chi connectivity index (χ1v) is 7.43. The van der Waals surface area contributed by atoms with E-state index in [1.807, 2.05) is 31.3 Å². The molecule has 21 heavy (non-hydrogen) atoms. The monoisotopic (exact) mass is 289 g/mol. The molecule has 5 nitrogen and oxygen atoms in total. The van der Waals surface area contributed by atoms with Crippen LogP contribution in [0.15, 0.2) is 29.3 Å². The highest BCUT2D eigenvalue weighted by Gasteiger charge is 2.44. The normalized spacial score (nSPS) is 25.1. The lowest BCUT2D eigenvalue weighted by atomic mass is 9.98. The molecule has 1 unspecified atom stereocenters. The third-order valence-electron chi connectivity index (χ3n) is 3.58. The molecule has 1 atom stereocenters. The van der Waals surface area contributed by atoms with E-state index in [4.69, 9.17) is 14.6 Å². The van der Waals surface area contributed by atoms with Gasteiger partial charge in [-0.15, -0.1) is 0 Å². The molecule has 5 heteroatoms. The summed E-state index contributed by atoms with van der Waals surface area (Å²) < 4.78 is 5.82. The number of hydrogen-bond acceptors (Lipinski definition) is 5. The van der Waals surface area contributed by atoms with Crippen LogP contribution < -0.4 is 10.1 Å². The molecule has 3 rings (SSSR count). The third-order valence-corrected chi connectivity index (χ3v) is 3.58. The Balaban J connectivity index is 2.01. The Morgan fingerprint density at radius 3 is 2.81 bits per heavy atom. The summed E-state index contributed by atoms with van der Waals surface area (Å²) in [5, 5.41) is 5.13. The van der Waals surface area contributed by atoms with Crippen molar-refractivity contribution in [3.05, 3.63) is 29.8 Å². The number of para-hydroxylation sites is 1. The van der Waals surface area contributed by atoms with Gasteiger partial charge in [-0.25, -0.2) is 14.9 Å². The summed E-state index contributed by atoms with van der Waals surface area (Å²) in [4.78, 5) is 11.0. The van der Waals surface area contributed by atoms with E-state index in [2.05, 4.69) is 26.1 Å². The van der Waals surface area contributed by atoms with Gasteiger partial charge in [-0.3, -0.25) is 0 Å². The van der Waals surface area contributed by atoms with Crippen LogP contribution in [0.25, 0.3) is 0 Å². The molecule has 0 amide bonds. The zero-order valence-electron chi connectivity index (χ0n) is 13.1. The van der Waals surface area contributed by atoms with E-state index in [0.717, 1.165) is 30.1 Å². The molecule has 1 N–H and O–H groups in total. The fourth-order valence-electron chi connectivity index (χ4n) is 2.73. The average molecular weight is 289 g/mol. The molecule has 2 aliphatic heterocycles. The molecule has 2 heterocycles. The maximum atomic E-state index is 6.14. The number of benzene rings is 1. The van der Waals surface area contributed by atoms with Gasteiger partial charge in [-0.2, -0.15) is 0 Å². The average Bonchev–Trinajstić information content (AvgIpc) is 2.60. The Morgan fingerprint density at radius 1 is 1.29 bits per heavy atom. The number of nitrogens with zero attached hydrogens (tertiary/aromatic N) is 2. The number of fused-ring (bicyclic) bond motifs is 2. The number of rotatable bonds is 0. The van der Waals surface area contributed by atoms with Gasteiger partial charge in [-0.1, -0.05) is 18.2 Å². The Morgan fingerprint density at radius 2 is 2.05 bits per heavy atom. The smallest absolute Gasteiger partial charge is 0.221 e. The number of nitrogens with one attached hydrogen (secondary N) is 1. The van der Waals surface area contributed by atoms with E-state index < -0.39 is 5.72 Å². The zero-order chi connectivity index (χ0) is 15.1. The minimum absolute atomic E-state index is 0.0667. The molecule has 0 aromatic heterocycles. The maximum absolute atomic E-state index is 6.14. The van der Waals surface area contributed by atoms with Crippen LogP contribution in [-0.2, 0) is 10.6 Å². The van der Waals surface area contributed by atoms with Gasteiger partial charge in [0.25, 0.3) is 0 Å². The lowest BCUT2D eigenvalue weighted by molar-refractivity contribution is -0.176. The van der Waals surface area contributed by atoms with Gasteiger partial charge in [-0.05, 0) is 33.3 Å². The summed E-state index contributed by atoms with van der Waals surface area (Å²) in [5.74, 6) is 1.63. The van der Waals surface area contributed by atoms with Gasteiger partial charge in [0.1, 0.15) is 5.75 Å². The summed E-state index contributed by atoms with van der Waals surface area (Å²) in [7, 11) is 1.89. The number of hydrogen-bond donors (Lipinski definition) is 1. The minimum atomic E-state index is -0.671. The molecular formula is C16H23N3O2. The van der Waals surface area contributed by atoms with Crippen molar-refractivity contribution < 1.29 is 9.57 Å². The van der Waals surface area contributed by atoms with E-state index in [9.17, 15) is 0 Å². The fraction of sp³-hybridized carbons (Fsp3) is 0.562. The van der Waals surface area contributed by atoms with Crippen LogP contribution in [-0.4, -0.2) is 30.2 Å². The van der Waals surface area contributed by atoms with Gasteiger partial charge in [0, 0.05) is 19.0 Å². The van der Waals surface area contributed by atoms with Crippen LogP contribution in [0.5, 0.6) is 5.75 Å². The SMILES string of the molecule is CN1OC2(CCCOc3ccccc32)N=C1NC(C)(C)C. The van der Waals surface area contributed by atoms with Crippen molar-refractivity contribution in [1.29, 1.82) is 0 Å². The first-order chi connectivity index (χ1) is 9.90. The van der Waals surface area contributed by atoms with Crippen molar-refractivity contribution in [3.63, 3.8) is 0 Å². The molecule has 2 aliphatic rings. The number of hydroxylamine groups is 2. The van der Waals surface area contributed by atoms with E-state index in [1.165, 1.54) is 0 Å². The van der Waals surface area contributed by atoms with Crippen LogP contribution in [0, 0.1) is 0 Å². The molecular weight excluding hydrogens is 266 g/mol. The third kappa shape index (κ3) is 2.70. The van der Waals surface area contributed by atoms with Crippen molar-refractivity contribution in [2.75, 3.05) is 13.7 Å². The van der Waals surface area contributed by atoms with E-state index >= 15 is 0 Å². The summed E-state index contributed by atoms with van der Waals surface area (Å²) in [6.07, 6.45) is 1.72. The van der Waals surface area contributed by atoms with Crippen molar-refractivity contribution in [1.82, 2.24) is 10.4 Å². The Hall–Kier alpha value is -1.75. The highest BCUT2D eigenvalue weighted by molar-refractivity contribution is 5.81. The number of ether oxygens (including phenoxy) is 1. The largest absolute Gasteiger partial charge is 0.493 e. The summed E-state index contributed by atoms with van der Waals surface area (Å²) in [6, 6.07) is 8.01. The topological polar surface area (TPSA) is 46.1 Å². The lowest BCUT2D eigenvalue weighted by Crippen LogP contribution is -2.46. The second-order valence-electron chi connectivity index (χ2n) is 6.63. The van der Waals surface area contributed by atoms with Gasteiger partial charge < -0.3 is 10.1 Å². The number of aliphatic imine (C=N–C) groups is 1. The van der Waals surface area contributed by atoms with Gasteiger partial charge >= 0.3 is 0 Å². The van der Waals surface area contributed by atoms with Crippen LogP contribution in [0.4, 0.5) is 0 Å². The van der Waals surface area contributed by atoms with Gasteiger partial charge in [0.05, 0.1) is 12.2 Å². The zero-order valence-corrected chi connectivity index (χ0v) is 13.1. The minimum Gasteiger partial charge on any atom is -0.493 e. The quantitative estimate of drug-likeness (QED) is 0.797. The summed E-state index contributed by atoms with van der Waals surface area (Å²) in [6.45, 7) is 7.03. The van der Waals surface area contributed by atoms with Crippen LogP contribution in [0.2, 0.25) is 0 Å². The molecule has 114 valence electrons. The highest BCUT2D eigenvalue weighted by Crippen LogP contribution is 2.43. The maximum Gasteiger partial charge on any atom is 0.221 e. The lowest BCUT2D eigenvalue weighted by Gasteiger charge is -2.26. The van der Waals surface area contributed by atoms with Crippen molar-refractivity contribution in [2.24, 2.45) is 4.99 Å². The Kier molecular flexibility index (Phi) is 3.32. The second-order valence-corrected chi connectivity index (χ2v) is 6.63. The molecule has 1 spiro atoms. The molecule has 0 radical (unpaired) electrons. The molecule has 0 aliphatic carbocycles. The first kappa shape index (κ1) is 14.2. The van der Waals surface area contributed by atoms with Crippen LogP contribution >= 0.6 is 0 Å². The molecule has 0 saturated carbocycles. The molecule has 0 fully saturated rings. The van der Waals surface area contributed by atoms with E-state index in [-0.39, 0.29) is 5.54 Å².